The maximum Gasteiger partial charge on any atom is 0.303 e. The van der Waals surface area contributed by atoms with Crippen LogP contribution in [0.15, 0.2) is 24.3 Å². The lowest BCUT2D eigenvalue weighted by Gasteiger charge is -2.14. The quantitative estimate of drug-likeness (QED) is 0.824. The van der Waals surface area contributed by atoms with E-state index in [0.29, 0.717) is 5.56 Å². The molecule has 0 saturated heterocycles. The fourth-order valence-electron chi connectivity index (χ4n) is 1.44. The van der Waals surface area contributed by atoms with Gasteiger partial charge in [-0.05, 0) is 13.0 Å². The Balaban J connectivity index is 2.55. The van der Waals surface area contributed by atoms with Crippen LogP contribution in [-0.4, -0.2) is 17.0 Å². The largest absolute Gasteiger partial charge is 0.481 e. The maximum atomic E-state index is 13.4. The van der Waals surface area contributed by atoms with Gasteiger partial charge in [0.2, 0.25) is 5.91 Å². The van der Waals surface area contributed by atoms with Crippen molar-refractivity contribution in [2.24, 2.45) is 0 Å². The number of carboxylic acid groups (broad SMARTS) is 1. The van der Waals surface area contributed by atoms with Gasteiger partial charge in [0, 0.05) is 12.0 Å². The smallest absolute Gasteiger partial charge is 0.303 e. The molecule has 0 aliphatic heterocycles. The average Bonchev–Trinajstić information content (AvgIpc) is 2.26. The lowest BCUT2D eigenvalue weighted by Crippen LogP contribution is -2.27. The summed E-state index contributed by atoms with van der Waals surface area (Å²) in [6.07, 6.45) is -0.329. The van der Waals surface area contributed by atoms with E-state index in [1.165, 1.54) is 6.07 Å². The summed E-state index contributed by atoms with van der Waals surface area (Å²) < 4.78 is 13.4. The minimum Gasteiger partial charge on any atom is -0.481 e. The predicted molar refractivity (Wildman–Crippen MR) is 59.8 cm³/mol. The molecule has 4 nitrogen and oxygen atoms in total. The maximum absolute atomic E-state index is 13.4. The standard InChI is InChI=1S/C12H14FNO3/c1-8(9-4-2-3-5-10(9)13)14-11(15)6-7-12(16)17/h2-5,8H,6-7H2,1H3,(H,14,15)(H,16,17)/t8-/m0/s1. The summed E-state index contributed by atoms with van der Waals surface area (Å²) in [4.78, 5) is 21.6. The number of nitrogens with one attached hydrogen (secondary N) is 1. The molecule has 0 saturated carbocycles. The summed E-state index contributed by atoms with van der Waals surface area (Å²) in [5.41, 5.74) is 0.385. The first-order chi connectivity index (χ1) is 8.00. The first-order valence-corrected chi connectivity index (χ1v) is 5.26. The Morgan fingerprint density at radius 1 is 1.35 bits per heavy atom. The molecule has 0 heterocycles. The van der Waals surface area contributed by atoms with Crippen LogP contribution in [-0.2, 0) is 9.59 Å². The highest BCUT2D eigenvalue weighted by Gasteiger charge is 2.13. The number of halogens is 1. The zero-order chi connectivity index (χ0) is 12.8. The molecule has 0 aliphatic carbocycles. The summed E-state index contributed by atoms with van der Waals surface area (Å²) in [7, 11) is 0. The van der Waals surface area contributed by atoms with Crippen LogP contribution in [0, 0.1) is 5.82 Å². The molecule has 0 aliphatic rings. The van der Waals surface area contributed by atoms with Crippen molar-refractivity contribution in [3.05, 3.63) is 35.6 Å². The van der Waals surface area contributed by atoms with E-state index < -0.39 is 23.7 Å². The van der Waals surface area contributed by atoms with E-state index in [4.69, 9.17) is 5.11 Å². The van der Waals surface area contributed by atoms with Crippen LogP contribution in [0.25, 0.3) is 0 Å². The lowest BCUT2D eigenvalue weighted by atomic mass is 10.1. The molecule has 0 spiro atoms. The number of carbonyl (C=O) groups excluding carboxylic acids is 1. The normalized spacial score (nSPS) is 11.9. The second-order valence-electron chi connectivity index (χ2n) is 3.70. The Labute approximate surface area is 98.5 Å². The van der Waals surface area contributed by atoms with Gasteiger partial charge in [0.15, 0.2) is 0 Å². The van der Waals surface area contributed by atoms with E-state index in [9.17, 15) is 14.0 Å². The number of aliphatic carboxylic acids is 1. The molecule has 0 aromatic heterocycles. The van der Waals surface area contributed by atoms with Gasteiger partial charge in [-0.25, -0.2) is 4.39 Å². The van der Waals surface area contributed by atoms with Crippen molar-refractivity contribution in [2.75, 3.05) is 0 Å². The van der Waals surface area contributed by atoms with Crippen molar-refractivity contribution >= 4 is 11.9 Å². The molecule has 0 bridgehead atoms. The van der Waals surface area contributed by atoms with Crippen molar-refractivity contribution in [1.82, 2.24) is 5.32 Å². The minimum absolute atomic E-state index is 0.103. The molecule has 1 amide bonds. The number of amides is 1. The summed E-state index contributed by atoms with van der Waals surface area (Å²) >= 11 is 0. The zero-order valence-electron chi connectivity index (χ0n) is 9.44. The molecule has 0 radical (unpaired) electrons. The van der Waals surface area contributed by atoms with E-state index in [1.54, 1.807) is 25.1 Å². The van der Waals surface area contributed by atoms with Crippen molar-refractivity contribution in [3.8, 4) is 0 Å². The summed E-state index contributed by atoms with van der Waals surface area (Å²) in [6, 6.07) is 5.67. The molecule has 2 N–H and O–H groups in total. The van der Waals surface area contributed by atoms with Gasteiger partial charge in [0.25, 0.3) is 0 Å². The van der Waals surface area contributed by atoms with Gasteiger partial charge in [0.05, 0.1) is 12.5 Å². The fourth-order valence-corrected chi connectivity index (χ4v) is 1.44. The molecule has 92 valence electrons. The molecule has 1 atom stereocenters. The Hall–Kier alpha value is -1.91. The highest BCUT2D eigenvalue weighted by atomic mass is 19.1. The zero-order valence-corrected chi connectivity index (χ0v) is 9.44. The van der Waals surface area contributed by atoms with Gasteiger partial charge in [-0.2, -0.15) is 0 Å². The molecule has 0 unspecified atom stereocenters. The number of carbonyl (C=O) groups is 2. The monoisotopic (exact) mass is 239 g/mol. The summed E-state index contributed by atoms with van der Waals surface area (Å²) in [6.45, 7) is 1.65. The van der Waals surface area contributed by atoms with E-state index >= 15 is 0 Å². The SMILES string of the molecule is C[C@H](NC(=O)CCC(=O)O)c1ccccc1F. The van der Waals surface area contributed by atoms with Crippen molar-refractivity contribution in [1.29, 1.82) is 0 Å². The van der Waals surface area contributed by atoms with E-state index in [0.717, 1.165) is 0 Å². The van der Waals surface area contributed by atoms with Crippen molar-refractivity contribution in [3.63, 3.8) is 0 Å². The van der Waals surface area contributed by atoms with E-state index in [-0.39, 0.29) is 12.8 Å². The summed E-state index contributed by atoms with van der Waals surface area (Å²) in [5.74, 6) is -1.82. The molecule has 17 heavy (non-hydrogen) atoms. The fraction of sp³-hybridized carbons (Fsp3) is 0.333. The van der Waals surface area contributed by atoms with Gasteiger partial charge in [0.1, 0.15) is 5.82 Å². The van der Waals surface area contributed by atoms with Crippen LogP contribution in [0.1, 0.15) is 31.4 Å². The van der Waals surface area contributed by atoms with Crippen molar-refractivity contribution in [2.45, 2.75) is 25.8 Å². The van der Waals surface area contributed by atoms with Crippen molar-refractivity contribution < 1.29 is 19.1 Å². The highest BCUT2D eigenvalue weighted by Crippen LogP contribution is 2.16. The molecule has 1 rings (SSSR count). The second kappa shape index (κ2) is 5.98. The first-order valence-electron chi connectivity index (χ1n) is 5.26. The Bertz CT molecular complexity index is 420. The second-order valence-corrected chi connectivity index (χ2v) is 3.70. The number of hydrogen-bond donors (Lipinski definition) is 2. The Morgan fingerprint density at radius 2 is 2.00 bits per heavy atom. The van der Waals surface area contributed by atoms with E-state index in [1.807, 2.05) is 0 Å². The van der Waals surface area contributed by atoms with E-state index in [2.05, 4.69) is 5.32 Å². The topological polar surface area (TPSA) is 66.4 Å². The lowest BCUT2D eigenvalue weighted by molar-refractivity contribution is -0.138. The first kappa shape index (κ1) is 13.2. The van der Waals surface area contributed by atoms with Crippen LogP contribution in [0.3, 0.4) is 0 Å². The van der Waals surface area contributed by atoms with Gasteiger partial charge in [-0.15, -0.1) is 0 Å². The third kappa shape index (κ3) is 4.22. The molecular formula is C12H14FNO3. The predicted octanol–water partition coefficient (Wildman–Crippen LogP) is 1.87. The van der Waals surface area contributed by atoms with Crippen LogP contribution >= 0.6 is 0 Å². The number of benzene rings is 1. The Kier molecular flexibility index (Phi) is 4.63. The van der Waals surface area contributed by atoms with Crippen LogP contribution in [0.4, 0.5) is 4.39 Å². The van der Waals surface area contributed by atoms with Gasteiger partial charge < -0.3 is 10.4 Å². The van der Waals surface area contributed by atoms with Gasteiger partial charge in [-0.3, -0.25) is 9.59 Å². The highest BCUT2D eigenvalue weighted by molar-refractivity contribution is 5.80. The van der Waals surface area contributed by atoms with Gasteiger partial charge >= 0.3 is 5.97 Å². The number of rotatable bonds is 5. The summed E-state index contributed by atoms with van der Waals surface area (Å²) in [5, 5.41) is 11.0. The molecule has 1 aromatic rings. The number of hydrogen-bond acceptors (Lipinski definition) is 2. The molecule has 0 fully saturated rings. The van der Waals surface area contributed by atoms with Crippen LogP contribution in [0.2, 0.25) is 0 Å². The van der Waals surface area contributed by atoms with Gasteiger partial charge in [-0.1, -0.05) is 18.2 Å². The molecular weight excluding hydrogens is 225 g/mol. The molecule has 5 heteroatoms. The average molecular weight is 239 g/mol. The molecule has 1 aromatic carbocycles. The Morgan fingerprint density at radius 3 is 2.59 bits per heavy atom. The number of carboxylic acids is 1. The third-order valence-electron chi connectivity index (χ3n) is 2.32. The van der Waals surface area contributed by atoms with Crippen LogP contribution in [0.5, 0.6) is 0 Å². The minimum atomic E-state index is -1.03. The van der Waals surface area contributed by atoms with Crippen LogP contribution < -0.4 is 5.32 Å². The third-order valence-corrected chi connectivity index (χ3v) is 2.32.